The zero-order valence-electron chi connectivity index (χ0n) is 17.6. The summed E-state index contributed by atoms with van der Waals surface area (Å²) >= 11 is 6.25. The summed E-state index contributed by atoms with van der Waals surface area (Å²) in [5, 5.41) is 0. The Bertz CT molecular complexity index is 1080. The van der Waals surface area contributed by atoms with E-state index in [-0.39, 0.29) is 0 Å². The van der Waals surface area contributed by atoms with Gasteiger partial charge in [-0.1, -0.05) is 72.9 Å². The van der Waals surface area contributed by atoms with E-state index in [9.17, 15) is 0 Å². The van der Waals surface area contributed by atoms with E-state index in [1.54, 1.807) is 0 Å². The number of likely N-dealkylation sites (tertiary alicyclic amines) is 1. The van der Waals surface area contributed by atoms with Gasteiger partial charge in [0.15, 0.2) is 0 Å². The minimum absolute atomic E-state index is 0.462. The maximum atomic E-state index is 6.25. The number of aromatic nitrogens is 1. The maximum Gasteiger partial charge on any atom is 0.110 e. The quantitative estimate of drug-likeness (QED) is 0.551. The summed E-state index contributed by atoms with van der Waals surface area (Å²) in [6.45, 7) is 3.43. The number of nitrogens with zero attached hydrogens (tertiary/aromatic N) is 3. The first-order valence-corrected chi connectivity index (χ1v) is 11.8. The molecule has 2 aromatic carbocycles. The SMILES string of the molecule is S=C(c1ccccc1-c1ccccc1)N1CC(c2cccnc2)C2C1C1CCN2CC1. The molecule has 4 saturated heterocycles. The number of piperidine rings is 3. The summed E-state index contributed by atoms with van der Waals surface area (Å²) in [5.74, 6) is 1.20. The lowest BCUT2D eigenvalue weighted by Gasteiger charge is -2.51. The monoisotopic (exact) mass is 425 g/mol. The Hall–Kier alpha value is -2.56. The van der Waals surface area contributed by atoms with Crippen LogP contribution in [0.1, 0.15) is 29.9 Å². The van der Waals surface area contributed by atoms with Crippen LogP contribution < -0.4 is 0 Å². The lowest BCUT2D eigenvalue weighted by molar-refractivity contribution is 0.0101. The molecule has 4 aliphatic rings. The van der Waals surface area contributed by atoms with E-state index in [0.717, 1.165) is 17.5 Å². The van der Waals surface area contributed by atoms with Crippen molar-refractivity contribution in [3.8, 4) is 11.1 Å². The third-order valence-corrected chi connectivity index (χ3v) is 8.06. The van der Waals surface area contributed by atoms with Crippen molar-refractivity contribution in [2.75, 3.05) is 19.6 Å². The highest BCUT2D eigenvalue weighted by atomic mass is 32.1. The Labute approximate surface area is 189 Å². The molecule has 0 saturated carbocycles. The van der Waals surface area contributed by atoms with Gasteiger partial charge in [0.2, 0.25) is 0 Å². The first-order chi connectivity index (χ1) is 15.3. The molecule has 0 aliphatic carbocycles. The Morgan fingerprint density at radius 2 is 1.65 bits per heavy atom. The van der Waals surface area contributed by atoms with Crippen LogP contribution in [0.25, 0.3) is 11.1 Å². The van der Waals surface area contributed by atoms with Crippen LogP contribution in [0.3, 0.4) is 0 Å². The van der Waals surface area contributed by atoms with Crippen molar-refractivity contribution < 1.29 is 0 Å². The fourth-order valence-corrected chi connectivity index (χ4v) is 6.61. The van der Waals surface area contributed by atoms with Crippen molar-refractivity contribution in [1.29, 1.82) is 0 Å². The Balaban J connectivity index is 1.40. The van der Waals surface area contributed by atoms with E-state index in [0.29, 0.717) is 18.0 Å². The van der Waals surface area contributed by atoms with Crippen molar-refractivity contribution in [2.24, 2.45) is 5.92 Å². The summed E-state index contributed by atoms with van der Waals surface area (Å²) in [6.07, 6.45) is 6.53. The van der Waals surface area contributed by atoms with Crippen molar-refractivity contribution in [3.63, 3.8) is 0 Å². The van der Waals surface area contributed by atoms with Crippen LogP contribution in [0.4, 0.5) is 0 Å². The molecule has 156 valence electrons. The predicted molar refractivity (Wildman–Crippen MR) is 129 cm³/mol. The topological polar surface area (TPSA) is 19.4 Å². The molecule has 4 fully saturated rings. The van der Waals surface area contributed by atoms with Crippen LogP contribution in [-0.2, 0) is 0 Å². The second-order valence-corrected chi connectivity index (χ2v) is 9.50. The van der Waals surface area contributed by atoms with Crippen molar-refractivity contribution >= 4 is 17.2 Å². The van der Waals surface area contributed by atoms with Gasteiger partial charge in [0.05, 0.1) is 0 Å². The molecule has 3 aromatic rings. The molecule has 4 heteroatoms. The van der Waals surface area contributed by atoms with E-state index in [1.807, 2.05) is 6.20 Å². The molecule has 1 aromatic heterocycles. The third kappa shape index (κ3) is 3.20. The average Bonchev–Trinajstić information content (AvgIpc) is 3.28. The van der Waals surface area contributed by atoms with Gasteiger partial charge in [0.1, 0.15) is 4.99 Å². The zero-order valence-corrected chi connectivity index (χ0v) is 18.4. The molecular weight excluding hydrogens is 398 g/mol. The van der Waals surface area contributed by atoms with Crippen LogP contribution >= 0.6 is 12.2 Å². The summed E-state index contributed by atoms with van der Waals surface area (Å²) in [7, 11) is 0. The molecule has 4 aliphatic heterocycles. The lowest BCUT2D eigenvalue weighted by atomic mass is 9.75. The lowest BCUT2D eigenvalue weighted by Crippen LogP contribution is -2.60. The van der Waals surface area contributed by atoms with Crippen molar-refractivity contribution in [3.05, 3.63) is 90.3 Å². The summed E-state index contributed by atoms with van der Waals surface area (Å²) in [5.41, 5.74) is 5.00. The predicted octanol–water partition coefficient (Wildman–Crippen LogP) is 4.99. The maximum absolute atomic E-state index is 6.25. The van der Waals surface area contributed by atoms with Gasteiger partial charge < -0.3 is 4.90 Å². The fraction of sp³-hybridized carbons (Fsp3) is 0.333. The van der Waals surface area contributed by atoms with Gasteiger partial charge in [-0.25, -0.2) is 0 Å². The Kier molecular flexibility index (Phi) is 4.85. The van der Waals surface area contributed by atoms with Crippen LogP contribution in [-0.4, -0.2) is 51.5 Å². The number of thiocarbonyl (C=S) groups is 1. The Morgan fingerprint density at radius 1 is 0.871 bits per heavy atom. The number of hydrogen-bond acceptors (Lipinski definition) is 3. The van der Waals surface area contributed by atoms with Gasteiger partial charge >= 0.3 is 0 Å². The molecule has 31 heavy (non-hydrogen) atoms. The van der Waals surface area contributed by atoms with Gasteiger partial charge in [-0.05, 0) is 54.6 Å². The minimum Gasteiger partial charge on any atom is -0.357 e. The highest BCUT2D eigenvalue weighted by Gasteiger charge is 2.54. The number of rotatable bonds is 3. The normalized spacial score (nSPS) is 29.0. The standard InChI is InChI=1S/C27H27N3S/c31-27(23-11-5-4-10-22(23)19-7-2-1-3-8-19)30-18-24(21-9-6-14-28-17-21)26-25(30)20-12-15-29(26)16-13-20/h1-11,14,17,20,24-26H,12-13,15-16,18H2. The minimum atomic E-state index is 0.462. The van der Waals surface area contributed by atoms with Crippen LogP contribution in [0.5, 0.6) is 0 Å². The molecule has 0 spiro atoms. The zero-order chi connectivity index (χ0) is 20.8. The van der Waals surface area contributed by atoms with Crippen LogP contribution in [0.2, 0.25) is 0 Å². The first kappa shape index (κ1) is 19.1. The fourth-order valence-electron chi connectivity index (χ4n) is 6.24. The molecule has 7 rings (SSSR count). The van der Waals surface area contributed by atoms with Gasteiger partial charge in [-0.3, -0.25) is 9.88 Å². The summed E-state index contributed by atoms with van der Waals surface area (Å²) < 4.78 is 0. The molecule has 2 bridgehead atoms. The van der Waals surface area contributed by atoms with E-state index < -0.39 is 0 Å². The molecule has 3 unspecified atom stereocenters. The van der Waals surface area contributed by atoms with Gasteiger partial charge in [-0.2, -0.15) is 0 Å². The van der Waals surface area contributed by atoms with Gasteiger partial charge in [0, 0.05) is 42.5 Å². The molecule has 0 N–H and O–H groups in total. The number of fused-ring (bicyclic) bond motifs is 2. The Morgan fingerprint density at radius 3 is 2.42 bits per heavy atom. The number of benzene rings is 2. The van der Waals surface area contributed by atoms with Crippen molar-refractivity contribution in [1.82, 2.24) is 14.8 Å². The summed E-state index contributed by atoms with van der Waals surface area (Å²) in [4.78, 5) is 10.8. The van der Waals surface area contributed by atoms with E-state index in [2.05, 4.69) is 87.7 Å². The molecule has 0 radical (unpaired) electrons. The van der Waals surface area contributed by atoms with E-state index >= 15 is 0 Å². The second-order valence-electron chi connectivity index (χ2n) is 9.12. The molecule has 3 atom stereocenters. The largest absolute Gasteiger partial charge is 0.357 e. The smallest absolute Gasteiger partial charge is 0.110 e. The molecule has 5 heterocycles. The van der Waals surface area contributed by atoms with Gasteiger partial charge in [-0.15, -0.1) is 0 Å². The highest BCUT2D eigenvalue weighted by Crippen LogP contribution is 2.47. The van der Waals surface area contributed by atoms with Crippen molar-refractivity contribution in [2.45, 2.75) is 30.8 Å². The van der Waals surface area contributed by atoms with Gasteiger partial charge in [0.25, 0.3) is 0 Å². The number of pyridine rings is 1. The van der Waals surface area contributed by atoms with Crippen LogP contribution in [0.15, 0.2) is 79.1 Å². The van der Waals surface area contributed by atoms with Crippen LogP contribution in [0, 0.1) is 5.92 Å². The molecular formula is C27H27N3S. The number of hydrogen-bond donors (Lipinski definition) is 0. The summed E-state index contributed by atoms with van der Waals surface area (Å²) in [6, 6.07) is 24.7. The molecule has 3 nitrogen and oxygen atoms in total. The molecule has 0 amide bonds. The van der Waals surface area contributed by atoms with E-state index in [1.165, 1.54) is 48.2 Å². The average molecular weight is 426 g/mol. The second kappa shape index (κ2) is 7.85. The van der Waals surface area contributed by atoms with E-state index in [4.69, 9.17) is 12.2 Å². The first-order valence-electron chi connectivity index (χ1n) is 11.4. The highest BCUT2D eigenvalue weighted by molar-refractivity contribution is 7.80. The third-order valence-electron chi connectivity index (χ3n) is 7.61.